The molecular formula is C20H21ClN2O2. The number of likely N-dealkylation sites (tertiary alicyclic amines) is 1. The second kappa shape index (κ2) is 7.70. The van der Waals surface area contributed by atoms with Crippen LogP contribution in [0.5, 0.6) is 0 Å². The van der Waals surface area contributed by atoms with E-state index in [1.807, 2.05) is 37.3 Å². The molecule has 0 atom stereocenters. The van der Waals surface area contributed by atoms with Gasteiger partial charge in [0.2, 0.25) is 5.91 Å². The molecule has 1 aliphatic heterocycles. The zero-order valence-electron chi connectivity index (χ0n) is 14.2. The number of amides is 2. The fraction of sp³-hybridized carbons (Fsp3) is 0.300. The van der Waals surface area contributed by atoms with Crippen molar-refractivity contribution >= 4 is 29.1 Å². The lowest BCUT2D eigenvalue weighted by molar-refractivity contribution is -0.121. The van der Waals surface area contributed by atoms with E-state index in [4.69, 9.17) is 11.6 Å². The molecule has 5 heteroatoms. The van der Waals surface area contributed by atoms with Crippen LogP contribution in [-0.4, -0.2) is 29.8 Å². The summed E-state index contributed by atoms with van der Waals surface area (Å²) < 4.78 is 0. The third kappa shape index (κ3) is 4.02. The van der Waals surface area contributed by atoms with Crippen LogP contribution in [0.3, 0.4) is 0 Å². The topological polar surface area (TPSA) is 49.4 Å². The van der Waals surface area contributed by atoms with Gasteiger partial charge in [0, 0.05) is 24.7 Å². The van der Waals surface area contributed by atoms with Crippen molar-refractivity contribution in [1.82, 2.24) is 4.90 Å². The van der Waals surface area contributed by atoms with Crippen LogP contribution < -0.4 is 5.32 Å². The molecule has 4 nitrogen and oxygen atoms in total. The Morgan fingerprint density at radius 2 is 1.68 bits per heavy atom. The molecule has 0 saturated carbocycles. The molecule has 0 aliphatic carbocycles. The summed E-state index contributed by atoms with van der Waals surface area (Å²) in [5.74, 6) is -0.114. The minimum Gasteiger partial charge on any atom is -0.339 e. The molecule has 0 unspecified atom stereocenters. The maximum absolute atomic E-state index is 12.6. The van der Waals surface area contributed by atoms with Crippen molar-refractivity contribution in [2.75, 3.05) is 18.4 Å². The summed E-state index contributed by atoms with van der Waals surface area (Å²) in [6.45, 7) is 3.10. The van der Waals surface area contributed by atoms with E-state index in [-0.39, 0.29) is 17.7 Å². The lowest BCUT2D eigenvalue weighted by atomic mass is 9.95. The first kappa shape index (κ1) is 17.5. The zero-order valence-corrected chi connectivity index (χ0v) is 14.9. The van der Waals surface area contributed by atoms with Gasteiger partial charge in [0.15, 0.2) is 0 Å². The molecular weight excluding hydrogens is 336 g/mol. The summed E-state index contributed by atoms with van der Waals surface area (Å²) in [5, 5.41) is 3.47. The van der Waals surface area contributed by atoms with Crippen LogP contribution in [0.25, 0.3) is 0 Å². The minimum absolute atomic E-state index is 0.0270. The van der Waals surface area contributed by atoms with Gasteiger partial charge in [-0.25, -0.2) is 0 Å². The molecule has 0 radical (unpaired) electrons. The number of nitrogens with one attached hydrogen (secondary N) is 1. The summed E-state index contributed by atoms with van der Waals surface area (Å²) in [6.07, 6.45) is 1.32. The number of para-hydroxylation sites is 1. The summed E-state index contributed by atoms with van der Waals surface area (Å²) in [5.41, 5.74) is 2.41. The minimum atomic E-state index is -0.0742. The van der Waals surface area contributed by atoms with Gasteiger partial charge in [-0.15, -0.1) is 0 Å². The molecule has 0 spiro atoms. The van der Waals surface area contributed by atoms with Gasteiger partial charge >= 0.3 is 0 Å². The van der Waals surface area contributed by atoms with E-state index in [0.29, 0.717) is 36.5 Å². The predicted octanol–water partition coefficient (Wildman–Crippen LogP) is 4.14. The van der Waals surface area contributed by atoms with Crippen LogP contribution in [0.1, 0.15) is 28.8 Å². The fourth-order valence-corrected chi connectivity index (χ4v) is 3.31. The third-order valence-corrected chi connectivity index (χ3v) is 4.99. The van der Waals surface area contributed by atoms with Gasteiger partial charge in [-0.3, -0.25) is 9.59 Å². The number of rotatable bonds is 3. The van der Waals surface area contributed by atoms with Crippen molar-refractivity contribution in [3.63, 3.8) is 0 Å². The smallest absolute Gasteiger partial charge is 0.255 e. The van der Waals surface area contributed by atoms with Crippen LogP contribution in [0.2, 0.25) is 5.02 Å². The molecule has 2 aromatic rings. The van der Waals surface area contributed by atoms with E-state index < -0.39 is 0 Å². The van der Waals surface area contributed by atoms with Crippen LogP contribution in [-0.2, 0) is 4.79 Å². The first-order valence-corrected chi connectivity index (χ1v) is 8.84. The summed E-state index contributed by atoms with van der Waals surface area (Å²) in [4.78, 5) is 26.8. The van der Waals surface area contributed by atoms with Crippen LogP contribution in [0.4, 0.5) is 5.69 Å². The Bertz CT molecular complexity index is 783. The van der Waals surface area contributed by atoms with Gasteiger partial charge in [-0.2, -0.15) is 0 Å². The maximum Gasteiger partial charge on any atom is 0.255 e. The third-order valence-electron chi connectivity index (χ3n) is 4.66. The number of carbonyl (C=O) groups is 2. The van der Waals surface area contributed by atoms with E-state index in [1.54, 1.807) is 23.1 Å². The highest BCUT2D eigenvalue weighted by atomic mass is 35.5. The van der Waals surface area contributed by atoms with Gasteiger partial charge in [0.1, 0.15) is 0 Å². The number of halogens is 1. The van der Waals surface area contributed by atoms with Crippen LogP contribution in [0.15, 0.2) is 48.5 Å². The number of hydrogen-bond donors (Lipinski definition) is 1. The number of carbonyl (C=O) groups excluding carboxylic acids is 2. The Balaban J connectivity index is 1.58. The summed E-state index contributed by atoms with van der Waals surface area (Å²) in [6, 6.07) is 14.8. The molecule has 1 saturated heterocycles. The standard InChI is InChI=1S/C20H21ClN2O2/c1-14-6-2-5-9-18(14)22-19(24)15-10-12-23(13-11-15)20(25)16-7-3-4-8-17(16)21/h2-9,15H,10-13H2,1H3,(H,22,24). The molecule has 1 fully saturated rings. The monoisotopic (exact) mass is 356 g/mol. The number of hydrogen-bond acceptors (Lipinski definition) is 2. The normalized spacial score (nSPS) is 15.0. The van der Waals surface area contributed by atoms with Crippen molar-refractivity contribution in [2.45, 2.75) is 19.8 Å². The highest BCUT2D eigenvalue weighted by Crippen LogP contribution is 2.24. The molecule has 0 aromatic heterocycles. The quantitative estimate of drug-likeness (QED) is 0.898. The largest absolute Gasteiger partial charge is 0.339 e. The highest BCUT2D eigenvalue weighted by molar-refractivity contribution is 6.33. The molecule has 1 heterocycles. The van der Waals surface area contributed by atoms with Crippen molar-refractivity contribution in [3.05, 3.63) is 64.7 Å². The predicted molar refractivity (Wildman–Crippen MR) is 99.9 cm³/mol. The fourth-order valence-electron chi connectivity index (χ4n) is 3.10. The molecule has 1 aliphatic rings. The van der Waals surface area contributed by atoms with Gasteiger partial charge in [0.05, 0.1) is 10.6 Å². The average Bonchev–Trinajstić information content (AvgIpc) is 2.63. The maximum atomic E-state index is 12.6. The second-order valence-corrected chi connectivity index (χ2v) is 6.76. The van der Waals surface area contributed by atoms with E-state index in [1.165, 1.54) is 0 Å². The average molecular weight is 357 g/mol. The number of anilines is 1. The Morgan fingerprint density at radius 3 is 2.36 bits per heavy atom. The number of piperidine rings is 1. The van der Waals surface area contributed by atoms with Gasteiger partial charge in [-0.1, -0.05) is 41.9 Å². The molecule has 2 aromatic carbocycles. The molecule has 130 valence electrons. The number of benzene rings is 2. The molecule has 25 heavy (non-hydrogen) atoms. The van der Waals surface area contributed by atoms with Crippen molar-refractivity contribution in [3.8, 4) is 0 Å². The Morgan fingerprint density at radius 1 is 1.04 bits per heavy atom. The highest BCUT2D eigenvalue weighted by Gasteiger charge is 2.28. The van der Waals surface area contributed by atoms with Gasteiger partial charge in [-0.05, 0) is 43.5 Å². The summed E-state index contributed by atoms with van der Waals surface area (Å²) in [7, 11) is 0. The van der Waals surface area contributed by atoms with Gasteiger partial charge in [0.25, 0.3) is 5.91 Å². The second-order valence-electron chi connectivity index (χ2n) is 6.35. The van der Waals surface area contributed by atoms with E-state index in [0.717, 1.165) is 11.3 Å². The van der Waals surface area contributed by atoms with Crippen LogP contribution >= 0.6 is 11.6 Å². The number of nitrogens with zero attached hydrogens (tertiary/aromatic N) is 1. The van der Waals surface area contributed by atoms with E-state index >= 15 is 0 Å². The lowest BCUT2D eigenvalue weighted by Crippen LogP contribution is -2.41. The van der Waals surface area contributed by atoms with Crippen molar-refractivity contribution in [1.29, 1.82) is 0 Å². The Hall–Kier alpha value is -2.33. The Kier molecular flexibility index (Phi) is 5.39. The van der Waals surface area contributed by atoms with Crippen molar-refractivity contribution < 1.29 is 9.59 Å². The summed E-state index contributed by atoms with van der Waals surface area (Å²) >= 11 is 6.11. The molecule has 2 amide bonds. The molecule has 0 bridgehead atoms. The lowest BCUT2D eigenvalue weighted by Gasteiger charge is -2.31. The first-order chi connectivity index (χ1) is 12.1. The number of aryl methyl sites for hydroxylation is 1. The van der Waals surface area contributed by atoms with Crippen LogP contribution in [0, 0.1) is 12.8 Å². The van der Waals surface area contributed by atoms with Gasteiger partial charge < -0.3 is 10.2 Å². The molecule has 3 rings (SSSR count). The van der Waals surface area contributed by atoms with E-state index in [2.05, 4.69) is 5.32 Å². The molecule has 1 N–H and O–H groups in total. The van der Waals surface area contributed by atoms with E-state index in [9.17, 15) is 9.59 Å². The Labute approximate surface area is 152 Å². The van der Waals surface area contributed by atoms with Crippen molar-refractivity contribution in [2.24, 2.45) is 5.92 Å². The SMILES string of the molecule is Cc1ccccc1NC(=O)C1CCN(C(=O)c2ccccc2Cl)CC1. The first-order valence-electron chi connectivity index (χ1n) is 8.46. The zero-order chi connectivity index (χ0) is 17.8.